The molecule has 10 heteroatoms. The van der Waals surface area contributed by atoms with Gasteiger partial charge in [-0.3, -0.25) is 9.59 Å². The molecule has 1 aromatic carbocycles. The summed E-state index contributed by atoms with van der Waals surface area (Å²) in [7, 11) is 0. The first-order valence-electron chi connectivity index (χ1n) is 8.84. The maximum absolute atomic E-state index is 12.3. The number of aromatic nitrogens is 4. The van der Waals surface area contributed by atoms with Crippen LogP contribution in [0.2, 0.25) is 0 Å². The van der Waals surface area contributed by atoms with Gasteiger partial charge in [0.2, 0.25) is 11.8 Å². The zero-order valence-electron chi connectivity index (χ0n) is 14.9. The number of thiophene rings is 1. The number of rotatable bonds is 6. The molecule has 2 aromatic heterocycles. The Morgan fingerprint density at radius 3 is 2.64 bits per heavy atom. The van der Waals surface area contributed by atoms with Crippen molar-refractivity contribution < 1.29 is 9.59 Å². The minimum atomic E-state index is -0.461. The van der Waals surface area contributed by atoms with Crippen molar-refractivity contribution in [2.75, 3.05) is 11.4 Å². The van der Waals surface area contributed by atoms with Gasteiger partial charge in [-0.25, -0.2) is 4.79 Å². The molecule has 144 valence electrons. The number of anilines is 1. The number of hydrogen-bond donors (Lipinski definition) is 1. The van der Waals surface area contributed by atoms with E-state index in [9.17, 15) is 14.4 Å². The van der Waals surface area contributed by atoms with Crippen LogP contribution in [0, 0.1) is 0 Å². The number of carbonyl (C=O) groups excluding carboxylic acids is 2. The van der Waals surface area contributed by atoms with Crippen molar-refractivity contribution in [1.29, 1.82) is 0 Å². The lowest BCUT2D eigenvalue weighted by Gasteiger charge is -2.16. The first-order chi connectivity index (χ1) is 13.6. The van der Waals surface area contributed by atoms with E-state index < -0.39 is 5.69 Å². The summed E-state index contributed by atoms with van der Waals surface area (Å²) in [6.07, 6.45) is 1.47. The largest absolute Gasteiger partial charge is 0.369 e. The monoisotopic (exact) mass is 398 g/mol. The minimum Gasteiger partial charge on any atom is -0.350 e. The summed E-state index contributed by atoms with van der Waals surface area (Å²) in [4.78, 5) is 38.0. The molecule has 2 amide bonds. The molecule has 1 N–H and O–H groups in total. The Labute approximate surface area is 164 Å². The van der Waals surface area contributed by atoms with Crippen molar-refractivity contribution in [3.8, 4) is 5.00 Å². The SMILES string of the molecule is O=C(Cn1nnn(-c2cccs2)c1=O)NCc1ccc(N2CCCC2=O)cc1. The maximum Gasteiger partial charge on any atom is 0.369 e. The highest BCUT2D eigenvalue weighted by molar-refractivity contribution is 7.12. The van der Waals surface area contributed by atoms with Crippen LogP contribution in [0.5, 0.6) is 0 Å². The average molecular weight is 398 g/mol. The predicted molar refractivity (Wildman–Crippen MR) is 103 cm³/mol. The lowest BCUT2D eigenvalue weighted by atomic mass is 10.2. The second kappa shape index (κ2) is 7.77. The van der Waals surface area contributed by atoms with Gasteiger partial charge in [0.05, 0.1) is 0 Å². The molecular formula is C18H18N6O3S. The number of tetrazole rings is 1. The van der Waals surface area contributed by atoms with E-state index >= 15 is 0 Å². The van der Waals surface area contributed by atoms with Crippen molar-refractivity contribution >= 4 is 28.8 Å². The summed E-state index contributed by atoms with van der Waals surface area (Å²) in [5.74, 6) is -0.193. The summed E-state index contributed by atoms with van der Waals surface area (Å²) in [5, 5.41) is 12.8. The van der Waals surface area contributed by atoms with Crippen LogP contribution in [0.3, 0.4) is 0 Å². The third kappa shape index (κ3) is 3.72. The molecule has 3 heterocycles. The number of nitrogens with one attached hydrogen (secondary N) is 1. The van der Waals surface area contributed by atoms with Gasteiger partial charge in [-0.2, -0.15) is 9.36 Å². The highest BCUT2D eigenvalue weighted by atomic mass is 32.1. The average Bonchev–Trinajstić information content (AvgIpc) is 3.43. The maximum atomic E-state index is 12.3. The Balaban J connectivity index is 1.34. The van der Waals surface area contributed by atoms with Gasteiger partial charge in [-0.05, 0) is 52.1 Å². The van der Waals surface area contributed by atoms with E-state index in [2.05, 4.69) is 15.7 Å². The standard InChI is InChI=1S/C18H18N6O3S/c25-15(12-23-18(27)24(21-20-23)17-4-2-10-28-17)19-11-13-5-7-14(8-6-13)22-9-1-3-16(22)26/h2,4-8,10H,1,3,9,11-12H2,(H,19,25). The van der Waals surface area contributed by atoms with Crippen molar-refractivity contribution in [2.45, 2.75) is 25.9 Å². The molecule has 1 saturated heterocycles. The molecule has 0 atom stereocenters. The highest BCUT2D eigenvalue weighted by Gasteiger charge is 2.21. The van der Waals surface area contributed by atoms with Crippen LogP contribution in [0.15, 0.2) is 46.6 Å². The van der Waals surface area contributed by atoms with Gasteiger partial charge >= 0.3 is 5.69 Å². The molecule has 3 aromatic rings. The molecule has 4 rings (SSSR count). The minimum absolute atomic E-state index is 0.141. The fraction of sp³-hybridized carbons (Fsp3) is 0.278. The molecule has 0 unspecified atom stereocenters. The number of amides is 2. The fourth-order valence-electron chi connectivity index (χ4n) is 3.01. The highest BCUT2D eigenvalue weighted by Crippen LogP contribution is 2.21. The third-order valence-corrected chi connectivity index (χ3v) is 5.30. The summed E-state index contributed by atoms with van der Waals surface area (Å²) in [6.45, 7) is 0.862. The van der Waals surface area contributed by atoms with E-state index in [0.29, 0.717) is 18.0 Å². The topological polar surface area (TPSA) is 102 Å². The van der Waals surface area contributed by atoms with E-state index in [1.54, 1.807) is 11.0 Å². The summed E-state index contributed by atoms with van der Waals surface area (Å²) in [6, 6.07) is 11.1. The molecule has 1 aliphatic heterocycles. The number of benzene rings is 1. The van der Waals surface area contributed by atoms with Gasteiger partial charge in [0.25, 0.3) is 0 Å². The number of hydrogen-bond acceptors (Lipinski definition) is 6. The first-order valence-corrected chi connectivity index (χ1v) is 9.72. The van der Waals surface area contributed by atoms with Crippen molar-refractivity contribution in [1.82, 2.24) is 25.1 Å². The van der Waals surface area contributed by atoms with Gasteiger partial charge in [-0.1, -0.05) is 12.1 Å². The second-order valence-corrected chi connectivity index (χ2v) is 7.30. The predicted octanol–water partition coefficient (Wildman–Crippen LogP) is 0.934. The molecule has 1 fully saturated rings. The molecule has 28 heavy (non-hydrogen) atoms. The van der Waals surface area contributed by atoms with Gasteiger partial charge in [0.15, 0.2) is 0 Å². The summed E-state index contributed by atoms with van der Waals surface area (Å²) < 4.78 is 2.19. The van der Waals surface area contributed by atoms with E-state index in [0.717, 1.165) is 33.6 Å². The van der Waals surface area contributed by atoms with Crippen LogP contribution >= 0.6 is 11.3 Å². The Hall–Kier alpha value is -3.27. The smallest absolute Gasteiger partial charge is 0.350 e. The molecule has 0 saturated carbocycles. The molecule has 0 spiro atoms. The number of nitrogens with zero attached hydrogens (tertiary/aromatic N) is 5. The third-order valence-electron chi connectivity index (χ3n) is 4.46. The van der Waals surface area contributed by atoms with E-state index in [-0.39, 0.29) is 18.4 Å². The van der Waals surface area contributed by atoms with Gasteiger partial charge in [0.1, 0.15) is 11.5 Å². The lowest BCUT2D eigenvalue weighted by Crippen LogP contribution is -2.33. The Kier molecular flexibility index (Phi) is 5.02. The molecule has 0 bridgehead atoms. The van der Waals surface area contributed by atoms with Crippen LogP contribution in [0.4, 0.5) is 5.69 Å². The zero-order valence-corrected chi connectivity index (χ0v) is 15.8. The second-order valence-electron chi connectivity index (χ2n) is 6.37. The summed E-state index contributed by atoms with van der Waals surface area (Å²) >= 11 is 1.36. The van der Waals surface area contributed by atoms with E-state index in [1.807, 2.05) is 35.7 Å². The van der Waals surface area contributed by atoms with Crippen molar-refractivity contribution in [3.05, 3.63) is 57.8 Å². The van der Waals surface area contributed by atoms with Crippen molar-refractivity contribution in [2.24, 2.45) is 0 Å². The van der Waals surface area contributed by atoms with Crippen LogP contribution in [-0.4, -0.2) is 38.1 Å². The Morgan fingerprint density at radius 1 is 1.14 bits per heavy atom. The van der Waals surface area contributed by atoms with Crippen molar-refractivity contribution in [3.63, 3.8) is 0 Å². The Bertz CT molecular complexity index is 1040. The normalized spacial score (nSPS) is 13.9. The quantitative estimate of drug-likeness (QED) is 0.666. The molecule has 0 aliphatic carbocycles. The molecule has 0 radical (unpaired) electrons. The molecule has 1 aliphatic rings. The van der Waals surface area contributed by atoms with Crippen LogP contribution in [0.1, 0.15) is 18.4 Å². The number of carbonyl (C=O) groups is 2. The molecule has 9 nitrogen and oxygen atoms in total. The van der Waals surface area contributed by atoms with Gasteiger partial charge in [-0.15, -0.1) is 11.3 Å². The lowest BCUT2D eigenvalue weighted by molar-refractivity contribution is -0.122. The van der Waals surface area contributed by atoms with Gasteiger partial charge in [0, 0.05) is 25.2 Å². The van der Waals surface area contributed by atoms with Crippen LogP contribution < -0.4 is 15.9 Å². The van der Waals surface area contributed by atoms with Gasteiger partial charge < -0.3 is 10.2 Å². The van der Waals surface area contributed by atoms with E-state index in [4.69, 9.17) is 0 Å². The van der Waals surface area contributed by atoms with Crippen LogP contribution in [0.25, 0.3) is 5.00 Å². The van der Waals surface area contributed by atoms with E-state index in [1.165, 1.54) is 11.3 Å². The first kappa shape index (κ1) is 18.1. The zero-order chi connectivity index (χ0) is 19.5. The fourth-order valence-corrected chi connectivity index (χ4v) is 3.68. The summed E-state index contributed by atoms with van der Waals surface area (Å²) in [5.41, 5.74) is 1.31. The van der Waals surface area contributed by atoms with Crippen LogP contribution in [-0.2, 0) is 22.7 Å². The molecular weight excluding hydrogens is 380 g/mol. The Morgan fingerprint density at radius 2 is 1.96 bits per heavy atom.